The van der Waals surface area contributed by atoms with Crippen LogP contribution in [0.25, 0.3) is 0 Å². The van der Waals surface area contributed by atoms with Crippen LogP contribution in [0.4, 0.5) is 0 Å². The topological polar surface area (TPSA) is 46.5 Å². The van der Waals surface area contributed by atoms with Gasteiger partial charge in [-0.05, 0) is 43.4 Å². The Labute approximate surface area is 109 Å². The second-order valence-electron chi connectivity index (χ2n) is 4.37. The molecule has 0 aliphatic rings. The summed E-state index contributed by atoms with van der Waals surface area (Å²) in [5, 5.41) is 10.0. The van der Waals surface area contributed by atoms with E-state index < -0.39 is 0 Å². The number of carbonyl (C=O) groups is 1. The molecule has 0 fully saturated rings. The number of rotatable bonds is 5. The van der Waals surface area contributed by atoms with Crippen LogP contribution in [-0.4, -0.2) is 17.7 Å². The normalized spacial score (nSPS) is 12.2. The summed E-state index contributed by atoms with van der Waals surface area (Å²) >= 11 is 0. The van der Waals surface area contributed by atoms with Crippen LogP contribution >= 0.6 is 0 Å². The Bertz CT molecular complexity index is 399. The lowest BCUT2D eigenvalue weighted by Crippen LogP contribution is -2.13. The molecule has 0 radical (unpaired) electrons. The predicted octanol–water partition coefficient (Wildman–Crippen LogP) is 3.18. The second kappa shape index (κ2) is 6.43. The molecule has 0 heterocycles. The number of benzene rings is 1. The molecule has 0 aliphatic carbocycles. The molecular weight excluding hydrogens is 228 g/mol. The lowest BCUT2D eigenvalue weighted by molar-refractivity contribution is -0.144. The summed E-state index contributed by atoms with van der Waals surface area (Å²) in [7, 11) is 0. The molecule has 0 aliphatic heterocycles. The van der Waals surface area contributed by atoms with Gasteiger partial charge in [-0.1, -0.05) is 26.0 Å². The van der Waals surface area contributed by atoms with Gasteiger partial charge >= 0.3 is 5.97 Å². The third-order valence-corrected chi connectivity index (χ3v) is 3.19. The molecule has 100 valence electrons. The maximum absolute atomic E-state index is 11.7. The van der Waals surface area contributed by atoms with Crippen LogP contribution in [0, 0.1) is 0 Å². The predicted molar refractivity (Wildman–Crippen MR) is 71.9 cm³/mol. The first-order valence-corrected chi connectivity index (χ1v) is 6.56. The standard InChI is InChI=1S/C15H22O3/c1-5-11-8-13(9-12(6-2)14(11)16)10(4)15(17)18-7-3/h8-10,16H,5-7H2,1-4H3. The molecule has 0 spiro atoms. The third kappa shape index (κ3) is 3.03. The van der Waals surface area contributed by atoms with Gasteiger partial charge in [-0.3, -0.25) is 4.79 Å². The van der Waals surface area contributed by atoms with Crippen molar-refractivity contribution in [3.8, 4) is 5.75 Å². The van der Waals surface area contributed by atoms with Crippen LogP contribution < -0.4 is 0 Å². The van der Waals surface area contributed by atoms with Crippen molar-refractivity contribution in [1.82, 2.24) is 0 Å². The van der Waals surface area contributed by atoms with Gasteiger partial charge in [-0.15, -0.1) is 0 Å². The summed E-state index contributed by atoms with van der Waals surface area (Å²) in [5.74, 6) is -0.145. The van der Waals surface area contributed by atoms with Crippen molar-refractivity contribution in [3.05, 3.63) is 28.8 Å². The maximum Gasteiger partial charge on any atom is 0.313 e. The number of esters is 1. The Hall–Kier alpha value is -1.51. The fraction of sp³-hybridized carbons (Fsp3) is 0.533. The Kier molecular flexibility index (Phi) is 5.20. The summed E-state index contributed by atoms with van der Waals surface area (Å²) in [6.45, 7) is 8.02. The van der Waals surface area contributed by atoms with Gasteiger partial charge in [0.25, 0.3) is 0 Å². The summed E-state index contributed by atoms with van der Waals surface area (Å²) in [5.41, 5.74) is 2.70. The molecule has 1 N–H and O–H groups in total. The Morgan fingerprint density at radius 2 is 1.72 bits per heavy atom. The fourth-order valence-electron chi connectivity index (χ4n) is 1.98. The van der Waals surface area contributed by atoms with Crippen LogP contribution in [0.5, 0.6) is 5.75 Å². The first-order valence-electron chi connectivity index (χ1n) is 6.56. The lowest BCUT2D eigenvalue weighted by atomic mass is 9.94. The van der Waals surface area contributed by atoms with Gasteiger partial charge < -0.3 is 9.84 Å². The minimum absolute atomic E-state index is 0.215. The van der Waals surface area contributed by atoms with E-state index in [1.54, 1.807) is 6.92 Å². The van der Waals surface area contributed by atoms with E-state index in [4.69, 9.17) is 4.74 Å². The Balaban J connectivity index is 3.13. The maximum atomic E-state index is 11.7. The van der Waals surface area contributed by atoms with Gasteiger partial charge in [0.1, 0.15) is 5.75 Å². The lowest BCUT2D eigenvalue weighted by Gasteiger charge is -2.15. The quantitative estimate of drug-likeness (QED) is 0.816. The van der Waals surface area contributed by atoms with Crippen LogP contribution in [0.2, 0.25) is 0 Å². The van der Waals surface area contributed by atoms with E-state index in [1.807, 2.05) is 32.9 Å². The third-order valence-electron chi connectivity index (χ3n) is 3.19. The van der Waals surface area contributed by atoms with E-state index in [9.17, 15) is 9.90 Å². The average Bonchev–Trinajstić information content (AvgIpc) is 2.38. The van der Waals surface area contributed by atoms with Crippen molar-refractivity contribution < 1.29 is 14.6 Å². The van der Waals surface area contributed by atoms with Crippen molar-refractivity contribution in [2.75, 3.05) is 6.61 Å². The molecule has 3 nitrogen and oxygen atoms in total. The number of ether oxygens (including phenoxy) is 1. The van der Waals surface area contributed by atoms with Gasteiger partial charge in [-0.25, -0.2) is 0 Å². The van der Waals surface area contributed by atoms with Crippen molar-refractivity contribution in [2.45, 2.75) is 46.5 Å². The van der Waals surface area contributed by atoms with E-state index in [0.717, 1.165) is 29.5 Å². The first-order chi connectivity index (χ1) is 8.54. The van der Waals surface area contributed by atoms with E-state index in [-0.39, 0.29) is 11.9 Å². The van der Waals surface area contributed by atoms with E-state index in [0.29, 0.717) is 12.4 Å². The molecule has 1 aromatic rings. The first kappa shape index (κ1) is 14.6. The highest BCUT2D eigenvalue weighted by molar-refractivity contribution is 5.78. The number of hydrogen-bond donors (Lipinski definition) is 1. The highest BCUT2D eigenvalue weighted by Gasteiger charge is 2.19. The molecule has 3 heteroatoms. The molecule has 0 saturated carbocycles. The average molecular weight is 250 g/mol. The van der Waals surface area contributed by atoms with Crippen molar-refractivity contribution >= 4 is 5.97 Å². The van der Waals surface area contributed by atoms with E-state index in [2.05, 4.69) is 0 Å². The van der Waals surface area contributed by atoms with Gasteiger partial charge in [-0.2, -0.15) is 0 Å². The minimum Gasteiger partial charge on any atom is -0.507 e. The number of carbonyl (C=O) groups excluding carboxylic acids is 1. The largest absolute Gasteiger partial charge is 0.507 e. The zero-order chi connectivity index (χ0) is 13.7. The highest BCUT2D eigenvalue weighted by Crippen LogP contribution is 2.29. The molecule has 1 unspecified atom stereocenters. The zero-order valence-electron chi connectivity index (χ0n) is 11.6. The zero-order valence-corrected chi connectivity index (χ0v) is 11.6. The molecule has 0 amide bonds. The molecule has 18 heavy (non-hydrogen) atoms. The van der Waals surface area contributed by atoms with Crippen molar-refractivity contribution in [2.24, 2.45) is 0 Å². The van der Waals surface area contributed by atoms with Crippen molar-refractivity contribution in [3.63, 3.8) is 0 Å². The number of aromatic hydroxyl groups is 1. The van der Waals surface area contributed by atoms with E-state index in [1.165, 1.54) is 0 Å². The monoisotopic (exact) mass is 250 g/mol. The summed E-state index contributed by atoms with van der Waals surface area (Å²) in [6.07, 6.45) is 1.50. The number of hydrogen-bond acceptors (Lipinski definition) is 3. The fourth-order valence-corrected chi connectivity index (χ4v) is 1.98. The van der Waals surface area contributed by atoms with Crippen molar-refractivity contribution in [1.29, 1.82) is 0 Å². The van der Waals surface area contributed by atoms with Gasteiger partial charge in [0.05, 0.1) is 12.5 Å². The Morgan fingerprint density at radius 1 is 1.22 bits per heavy atom. The van der Waals surface area contributed by atoms with E-state index >= 15 is 0 Å². The molecule has 1 rings (SSSR count). The summed E-state index contributed by atoms with van der Waals surface area (Å²) in [6, 6.07) is 3.80. The Morgan fingerprint density at radius 3 is 2.11 bits per heavy atom. The molecule has 0 saturated heterocycles. The number of phenolic OH excluding ortho intramolecular Hbond substituents is 1. The van der Waals surface area contributed by atoms with Crippen LogP contribution in [0.15, 0.2) is 12.1 Å². The van der Waals surface area contributed by atoms with Gasteiger partial charge in [0.2, 0.25) is 0 Å². The molecular formula is C15H22O3. The van der Waals surface area contributed by atoms with Crippen LogP contribution in [0.1, 0.15) is 50.3 Å². The van der Waals surface area contributed by atoms with Crippen LogP contribution in [-0.2, 0) is 22.4 Å². The number of aryl methyl sites for hydroxylation is 2. The molecule has 1 aromatic carbocycles. The summed E-state index contributed by atoms with van der Waals surface area (Å²) < 4.78 is 5.03. The molecule has 1 atom stereocenters. The smallest absolute Gasteiger partial charge is 0.313 e. The van der Waals surface area contributed by atoms with Gasteiger partial charge in [0, 0.05) is 0 Å². The van der Waals surface area contributed by atoms with Crippen LogP contribution in [0.3, 0.4) is 0 Å². The van der Waals surface area contributed by atoms with Gasteiger partial charge in [0.15, 0.2) is 0 Å². The summed E-state index contributed by atoms with van der Waals surface area (Å²) in [4.78, 5) is 11.7. The second-order valence-corrected chi connectivity index (χ2v) is 4.37. The molecule has 0 aromatic heterocycles. The molecule has 0 bridgehead atoms. The highest BCUT2D eigenvalue weighted by atomic mass is 16.5. The minimum atomic E-state index is -0.291. The number of phenols is 1. The SMILES string of the molecule is CCOC(=O)C(C)c1cc(CC)c(O)c(CC)c1.